The molecule has 0 aliphatic heterocycles. The van der Waals surface area contributed by atoms with Crippen LogP contribution >= 0.6 is 0 Å². The second-order valence-electron chi connectivity index (χ2n) is 4.42. The molecule has 0 atom stereocenters. The van der Waals surface area contributed by atoms with Gasteiger partial charge in [-0.05, 0) is 30.5 Å². The maximum Gasteiger partial charge on any atom is 0.210 e. The molecule has 2 heterocycles. The molecule has 3 rings (SSSR count). The van der Waals surface area contributed by atoms with Gasteiger partial charge in [-0.25, -0.2) is 4.98 Å². The van der Waals surface area contributed by atoms with E-state index in [1.165, 1.54) is 5.56 Å². The minimum absolute atomic E-state index is 0.301. The lowest BCUT2D eigenvalue weighted by atomic mass is 10.1. The molecule has 4 heteroatoms. The molecule has 0 spiro atoms. The molecule has 0 amide bonds. The number of hydrogen-bond acceptors (Lipinski definition) is 4. The van der Waals surface area contributed by atoms with Crippen molar-refractivity contribution in [2.24, 2.45) is 5.73 Å². The summed E-state index contributed by atoms with van der Waals surface area (Å²) in [5.41, 5.74) is 9.18. The summed E-state index contributed by atoms with van der Waals surface area (Å²) >= 11 is 0. The van der Waals surface area contributed by atoms with Crippen LogP contribution in [0, 0.1) is 0 Å². The molecular formula is C15H15N3O. The molecular weight excluding hydrogens is 238 g/mol. The van der Waals surface area contributed by atoms with Crippen molar-refractivity contribution in [2.75, 3.05) is 0 Å². The average Bonchev–Trinajstić information content (AvgIpc) is 2.88. The van der Waals surface area contributed by atoms with Crippen molar-refractivity contribution >= 4 is 11.2 Å². The van der Waals surface area contributed by atoms with Gasteiger partial charge < -0.3 is 10.2 Å². The Bertz CT molecular complexity index is 676. The molecule has 3 aromatic rings. The monoisotopic (exact) mass is 253 g/mol. The SMILES string of the molecule is NCc1nc2nc(CCc3ccccc3)ccc2o1. The molecule has 0 bridgehead atoms. The van der Waals surface area contributed by atoms with Gasteiger partial charge in [-0.3, -0.25) is 0 Å². The molecule has 0 fully saturated rings. The van der Waals surface area contributed by atoms with Gasteiger partial charge in [0.2, 0.25) is 5.89 Å². The number of fused-ring (bicyclic) bond motifs is 1. The minimum atomic E-state index is 0.301. The van der Waals surface area contributed by atoms with Crippen LogP contribution in [0.3, 0.4) is 0 Å². The molecule has 2 aromatic heterocycles. The van der Waals surface area contributed by atoms with Crippen molar-refractivity contribution in [3.8, 4) is 0 Å². The summed E-state index contributed by atoms with van der Waals surface area (Å²) in [7, 11) is 0. The maximum atomic E-state index is 5.50. The highest BCUT2D eigenvalue weighted by atomic mass is 16.3. The molecule has 0 radical (unpaired) electrons. The van der Waals surface area contributed by atoms with E-state index in [4.69, 9.17) is 10.2 Å². The van der Waals surface area contributed by atoms with Crippen molar-refractivity contribution in [2.45, 2.75) is 19.4 Å². The second kappa shape index (κ2) is 5.20. The Morgan fingerprint density at radius 2 is 1.79 bits per heavy atom. The predicted molar refractivity (Wildman–Crippen MR) is 73.5 cm³/mol. The fourth-order valence-electron chi connectivity index (χ4n) is 2.05. The predicted octanol–water partition coefficient (Wildman–Crippen LogP) is 2.47. The molecule has 0 saturated carbocycles. The van der Waals surface area contributed by atoms with E-state index in [0.29, 0.717) is 23.7 Å². The van der Waals surface area contributed by atoms with Gasteiger partial charge in [0.25, 0.3) is 0 Å². The minimum Gasteiger partial charge on any atom is -0.438 e. The first-order valence-corrected chi connectivity index (χ1v) is 6.34. The third-order valence-corrected chi connectivity index (χ3v) is 3.04. The molecule has 1 aromatic carbocycles. The summed E-state index contributed by atoms with van der Waals surface area (Å²) in [5, 5.41) is 0. The maximum absolute atomic E-state index is 5.50. The molecule has 0 saturated heterocycles. The van der Waals surface area contributed by atoms with Gasteiger partial charge in [-0.2, -0.15) is 4.98 Å². The molecule has 2 N–H and O–H groups in total. The number of aromatic nitrogens is 2. The number of pyridine rings is 1. The highest BCUT2D eigenvalue weighted by Gasteiger charge is 2.06. The van der Waals surface area contributed by atoms with Crippen molar-refractivity contribution in [1.29, 1.82) is 0 Å². The van der Waals surface area contributed by atoms with Gasteiger partial charge in [0.15, 0.2) is 11.2 Å². The first kappa shape index (κ1) is 11.9. The van der Waals surface area contributed by atoms with Gasteiger partial charge in [0, 0.05) is 5.69 Å². The smallest absolute Gasteiger partial charge is 0.210 e. The van der Waals surface area contributed by atoms with Crippen molar-refractivity contribution in [1.82, 2.24) is 9.97 Å². The van der Waals surface area contributed by atoms with E-state index in [1.807, 2.05) is 18.2 Å². The zero-order chi connectivity index (χ0) is 13.1. The van der Waals surface area contributed by atoms with E-state index >= 15 is 0 Å². The van der Waals surface area contributed by atoms with Crippen molar-refractivity contribution < 1.29 is 4.42 Å². The number of nitrogens with zero attached hydrogens (tertiary/aromatic N) is 2. The quantitative estimate of drug-likeness (QED) is 0.775. The number of rotatable bonds is 4. The van der Waals surface area contributed by atoms with E-state index in [0.717, 1.165) is 18.5 Å². The van der Waals surface area contributed by atoms with E-state index in [2.05, 4.69) is 34.2 Å². The Morgan fingerprint density at radius 3 is 2.58 bits per heavy atom. The van der Waals surface area contributed by atoms with E-state index in [9.17, 15) is 0 Å². The highest BCUT2D eigenvalue weighted by Crippen LogP contribution is 2.15. The van der Waals surface area contributed by atoms with E-state index in [1.54, 1.807) is 0 Å². The Hall–Kier alpha value is -2.20. The average molecular weight is 253 g/mol. The van der Waals surface area contributed by atoms with Crippen LogP contribution in [0.15, 0.2) is 46.9 Å². The highest BCUT2D eigenvalue weighted by molar-refractivity contribution is 5.67. The summed E-state index contributed by atoms with van der Waals surface area (Å²) in [6.45, 7) is 0.301. The third kappa shape index (κ3) is 2.63. The lowest BCUT2D eigenvalue weighted by Crippen LogP contribution is -1.96. The lowest BCUT2D eigenvalue weighted by Gasteiger charge is -2.00. The molecule has 19 heavy (non-hydrogen) atoms. The molecule has 96 valence electrons. The van der Waals surface area contributed by atoms with Crippen LogP contribution in [0.2, 0.25) is 0 Å². The van der Waals surface area contributed by atoms with Crippen LogP contribution in [-0.4, -0.2) is 9.97 Å². The second-order valence-corrected chi connectivity index (χ2v) is 4.42. The summed E-state index contributed by atoms with van der Waals surface area (Å²) < 4.78 is 5.44. The van der Waals surface area contributed by atoms with Gasteiger partial charge in [0.1, 0.15) is 0 Å². The van der Waals surface area contributed by atoms with E-state index < -0.39 is 0 Å². The number of aryl methyl sites for hydroxylation is 2. The topological polar surface area (TPSA) is 64.9 Å². The fraction of sp³-hybridized carbons (Fsp3) is 0.200. The first-order valence-electron chi connectivity index (χ1n) is 6.34. The van der Waals surface area contributed by atoms with Crippen LogP contribution in [0.1, 0.15) is 17.1 Å². The fourth-order valence-corrected chi connectivity index (χ4v) is 2.05. The molecule has 0 aliphatic rings. The van der Waals surface area contributed by atoms with Gasteiger partial charge in [-0.15, -0.1) is 0 Å². The zero-order valence-corrected chi connectivity index (χ0v) is 10.5. The van der Waals surface area contributed by atoms with Crippen LogP contribution in [0.5, 0.6) is 0 Å². The summed E-state index contributed by atoms with van der Waals surface area (Å²) in [5.74, 6) is 0.530. The van der Waals surface area contributed by atoms with Gasteiger partial charge in [-0.1, -0.05) is 30.3 Å². The summed E-state index contributed by atoms with van der Waals surface area (Å²) in [4.78, 5) is 8.74. The molecule has 4 nitrogen and oxygen atoms in total. The molecule has 0 unspecified atom stereocenters. The number of benzene rings is 1. The third-order valence-electron chi connectivity index (χ3n) is 3.04. The van der Waals surface area contributed by atoms with Crippen LogP contribution < -0.4 is 5.73 Å². The Morgan fingerprint density at radius 1 is 0.947 bits per heavy atom. The summed E-state index contributed by atoms with van der Waals surface area (Å²) in [6.07, 6.45) is 1.87. The van der Waals surface area contributed by atoms with Crippen LogP contribution in [0.4, 0.5) is 0 Å². The standard InChI is InChI=1S/C15H15N3O/c16-10-14-18-15-13(19-14)9-8-12(17-15)7-6-11-4-2-1-3-5-11/h1-5,8-9H,6-7,10,16H2. The van der Waals surface area contributed by atoms with Crippen molar-refractivity contribution in [3.63, 3.8) is 0 Å². The van der Waals surface area contributed by atoms with Crippen LogP contribution in [-0.2, 0) is 19.4 Å². The largest absolute Gasteiger partial charge is 0.438 e. The Balaban J connectivity index is 1.78. The normalized spacial score (nSPS) is 11.0. The lowest BCUT2D eigenvalue weighted by molar-refractivity contribution is 0.533. The number of oxazole rings is 1. The van der Waals surface area contributed by atoms with Gasteiger partial charge in [0.05, 0.1) is 6.54 Å². The summed E-state index contributed by atoms with van der Waals surface area (Å²) in [6, 6.07) is 14.3. The Labute approximate surface area is 111 Å². The van der Waals surface area contributed by atoms with E-state index in [-0.39, 0.29) is 0 Å². The number of hydrogen-bond donors (Lipinski definition) is 1. The molecule has 0 aliphatic carbocycles. The van der Waals surface area contributed by atoms with Gasteiger partial charge >= 0.3 is 0 Å². The van der Waals surface area contributed by atoms with Crippen LogP contribution in [0.25, 0.3) is 11.2 Å². The Kier molecular flexibility index (Phi) is 3.25. The zero-order valence-electron chi connectivity index (χ0n) is 10.5. The van der Waals surface area contributed by atoms with Crippen molar-refractivity contribution in [3.05, 3.63) is 59.6 Å². The first-order chi connectivity index (χ1) is 9.35. The number of nitrogens with two attached hydrogens (primary N) is 1.